The maximum atomic E-state index is 12.6. The summed E-state index contributed by atoms with van der Waals surface area (Å²) in [6, 6.07) is 6.92. The molecule has 0 bridgehead atoms. The Hall–Kier alpha value is -2.08. The Bertz CT molecular complexity index is 635. The van der Waals surface area contributed by atoms with Crippen molar-refractivity contribution in [2.45, 2.75) is 31.8 Å². The number of nitrogens with zero attached hydrogens (tertiary/aromatic N) is 2. The van der Waals surface area contributed by atoms with Crippen molar-refractivity contribution in [1.29, 1.82) is 0 Å². The Morgan fingerprint density at radius 1 is 1.20 bits per heavy atom. The van der Waals surface area contributed by atoms with E-state index in [2.05, 4.69) is 0 Å². The van der Waals surface area contributed by atoms with E-state index in [0.717, 1.165) is 25.8 Å². The third-order valence-corrected chi connectivity index (χ3v) is 5.67. The van der Waals surface area contributed by atoms with E-state index in [1.54, 1.807) is 36.3 Å². The number of rotatable bonds is 3. The molecule has 2 aliphatic heterocycles. The highest BCUT2D eigenvalue weighted by Crippen LogP contribution is 2.40. The molecule has 1 N–H and O–H groups in total. The van der Waals surface area contributed by atoms with E-state index in [1.807, 2.05) is 11.9 Å². The molecule has 2 saturated heterocycles. The summed E-state index contributed by atoms with van der Waals surface area (Å²) in [6.07, 6.45) is 2.12. The monoisotopic (exact) mass is 346 g/mol. The van der Waals surface area contributed by atoms with Gasteiger partial charge in [-0.15, -0.1) is 0 Å². The molecular weight excluding hydrogens is 320 g/mol. The molecule has 0 radical (unpaired) electrons. The number of amides is 2. The van der Waals surface area contributed by atoms with Gasteiger partial charge >= 0.3 is 0 Å². The van der Waals surface area contributed by atoms with E-state index < -0.39 is 6.10 Å². The van der Waals surface area contributed by atoms with Crippen LogP contribution in [0, 0.1) is 5.41 Å². The molecule has 1 aromatic rings. The molecule has 6 heteroatoms. The van der Waals surface area contributed by atoms with Gasteiger partial charge in [0.05, 0.1) is 7.11 Å². The van der Waals surface area contributed by atoms with E-state index in [0.29, 0.717) is 30.8 Å². The molecule has 1 aromatic carbocycles. The summed E-state index contributed by atoms with van der Waals surface area (Å²) in [4.78, 5) is 27.9. The predicted octanol–water partition coefficient (Wildman–Crippen LogP) is 1.59. The minimum Gasteiger partial charge on any atom is -0.497 e. The lowest BCUT2D eigenvalue weighted by Gasteiger charge is -2.46. The first-order valence-electron chi connectivity index (χ1n) is 8.79. The maximum Gasteiger partial charge on any atom is 0.256 e. The lowest BCUT2D eigenvalue weighted by atomic mass is 9.72. The van der Waals surface area contributed by atoms with E-state index >= 15 is 0 Å². The number of carbonyl (C=O) groups excluding carboxylic acids is 2. The second-order valence-electron chi connectivity index (χ2n) is 7.25. The molecule has 2 amide bonds. The number of carbonyl (C=O) groups is 2. The van der Waals surface area contributed by atoms with Crippen LogP contribution in [0.25, 0.3) is 0 Å². The van der Waals surface area contributed by atoms with Crippen molar-refractivity contribution in [1.82, 2.24) is 9.80 Å². The summed E-state index contributed by atoms with van der Waals surface area (Å²) in [5, 5.41) is 10.4. The van der Waals surface area contributed by atoms with Crippen molar-refractivity contribution >= 4 is 11.8 Å². The van der Waals surface area contributed by atoms with Gasteiger partial charge < -0.3 is 19.6 Å². The number of likely N-dealkylation sites (tertiary alicyclic amines) is 2. The third-order valence-electron chi connectivity index (χ3n) is 5.67. The van der Waals surface area contributed by atoms with Gasteiger partial charge in [-0.05, 0) is 42.4 Å². The van der Waals surface area contributed by atoms with Crippen molar-refractivity contribution < 1.29 is 19.4 Å². The van der Waals surface area contributed by atoms with E-state index in [9.17, 15) is 14.7 Å². The standard InChI is InChI=1S/C19H26N2O4/c1-20-13-19(8-7-16(20)22)9-11-21(12-10-19)18(24)17(23)14-3-5-15(25-2)6-4-14/h3-6,17,23H,7-13H2,1-2H3. The van der Waals surface area contributed by atoms with Crippen LogP contribution in [-0.4, -0.2) is 60.5 Å². The van der Waals surface area contributed by atoms with Crippen LogP contribution >= 0.6 is 0 Å². The van der Waals surface area contributed by atoms with Gasteiger partial charge in [0.15, 0.2) is 6.10 Å². The number of aliphatic hydroxyl groups is 1. The normalized spacial score (nSPS) is 21.3. The third kappa shape index (κ3) is 3.63. The zero-order valence-corrected chi connectivity index (χ0v) is 14.9. The fourth-order valence-electron chi connectivity index (χ4n) is 3.94. The number of benzene rings is 1. The van der Waals surface area contributed by atoms with Crippen molar-refractivity contribution in [2.75, 3.05) is 33.8 Å². The van der Waals surface area contributed by atoms with Gasteiger partial charge in [-0.2, -0.15) is 0 Å². The van der Waals surface area contributed by atoms with Gasteiger partial charge in [0.2, 0.25) is 5.91 Å². The first-order valence-corrected chi connectivity index (χ1v) is 8.79. The molecular formula is C19H26N2O4. The van der Waals surface area contributed by atoms with Crippen LogP contribution in [0.15, 0.2) is 24.3 Å². The molecule has 2 heterocycles. The largest absolute Gasteiger partial charge is 0.497 e. The molecule has 136 valence electrons. The van der Waals surface area contributed by atoms with Crippen molar-refractivity contribution in [2.24, 2.45) is 5.41 Å². The van der Waals surface area contributed by atoms with Crippen LogP contribution < -0.4 is 4.74 Å². The SMILES string of the molecule is COc1ccc(C(O)C(=O)N2CCC3(CCC(=O)N(C)C3)CC2)cc1. The lowest BCUT2D eigenvalue weighted by molar-refractivity contribution is -0.146. The summed E-state index contributed by atoms with van der Waals surface area (Å²) in [7, 11) is 3.44. The smallest absolute Gasteiger partial charge is 0.256 e. The molecule has 1 atom stereocenters. The Balaban J connectivity index is 1.60. The summed E-state index contributed by atoms with van der Waals surface area (Å²) in [5.74, 6) is 0.651. The Kier molecular flexibility index (Phi) is 4.99. The minimum absolute atomic E-state index is 0.129. The highest BCUT2D eigenvalue weighted by Gasteiger charge is 2.41. The molecule has 1 unspecified atom stereocenters. The average Bonchev–Trinajstić information content (AvgIpc) is 2.65. The summed E-state index contributed by atoms with van der Waals surface area (Å²) < 4.78 is 5.10. The minimum atomic E-state index is -1.14. The zero-order valence-electron chi connectivity index (χ0n) is 14.9. The molecule has 25 heavy (non-hydrogen) atoms. The number of hydrogen-bond donors (Lipinski definition) is 1. The summed E-state index contributed by atoms with van der Waals surface area (Å²) >= 11 is 0. The number of methoxy groups -OCH3 is 1. The van der Waals surface area contributed by atoms with Crippen LogP contribution in [0.3, 0.4) is 0 Å². The molecule has 3 rings (SSSR count). The first kappa shape index (κ1) is 17.7. The predicted molar refractivity (Wildman–Crippen MR) is 93.1 cm³/mol. The van der Waals surface area contributed by atoms with Crippen molar-refractivity contribution in [3.63, 3.8) is 0 Å². The maximum absolute atomic E-state index is 12.6. The Morgan fingerprint density at radius 3 is 2.40 bits per heavy atom. The lowest BCUT2D eigenvalue weighted by Crippen LogP contribution is -2.51. The highest BCUT2D eigenvalue weighted by atomic mass is 16.5. The zero-order chi connectivity index (χ0) is 18.0. The van der Waals surface area contributed by atoms with Crippen LogP contribution in [0.2, 0.25) is 0 Å². The van der Waals surface area contributed by atoms with Crippen molar-refractivity contribution in [3.05, 3.63) is 29.8 Å². The van der Waals surface area contributed by atoms with Crippen LogP contribution in [0.1, 0.15) is 37.4 Å². The highest BCUT2D eigenvalue weighted by molar-refractivity contribution is 5.82. The molecule has 0 saturated carbocycles. The number of aliphatic hydroxyl groups excluding tert-OH is 1. The summed E-state index contributed by atoms with van der Waals surface area (Å²) in [5.41, 5.74) is 0.707. The molecule has 2 aliphatic rings. The molecule has 2 fully saturated rings. The second-order valence-corrected chi connectivity index (χ2v) is 7.25. The van der Waals surface area contributed by atoms with Gasteiger partial charge in [0.1, 0.15) is 5.75 Å². The van der Waals surface area contributed by atoms with Gasteiger partial charge in [0, 0.05) is 33.1 Å². The Labute approximate surface area is 148 Å². The van der Waals surface area contributed by atoms with Crippen molar-refractivity contribution in [3.8, 4) is 5.75 Å². The van der Waals surface area contributed by atoms with Gasteiger partial charge in [-0.25, -0.2) is 0 Å². The van der Waals surface area contributed by atoms with Gasteiger partial charge in [-0.3, -0.25) is 9.59 Å². The quantitative estimate of drug-likeness (QED) is 0.902. The fraction of sp³-hybridized carbons (Fsp3) is 0.579. The molecule has 1 spiro atoms. The summed E-state index contributed by atoms with van der Waals surface area (Å²) in [6.45, 7) is 2.04. The Morgan fingerprint density at radius 2 is 1.84 bits per heavy atom. The van der Waals surface area contributed by atoms with Crippen LogP contribution in [0.4, 0.5) is 0 Å². The number of ether oxygens (including phenoxy) is 1. The van der Waals surface area contributed by atoms with Crippen LogP contribution in [-0.2, 0) is 9.59 Å². The molecule has 0 aliphatic carbocycles. The first-order chi connectivity index (χ1) is 11.9. The molecule has 0 aromatic heterocycles. The fourth-order valence-corrected chi connectivity index (χ4v) is 3.94. The van der Waals surface area contributed by atoms with Crippen LogP contribution in [0.5, 0.6) is 5.75 Å². The second kappa shape index (κ2) is 7.04. The van der Waals surface area contributed by atoms with E-state index in [1.165, 1.54) is 0 Å². The topological polar surface area (TPSA) is 70.1 Å². The van der Waals surface area contributed by atoms with E-state index in [4.69, 9.17) is 4.74 Å². The molecule has 6 nitrogen and oxygen atoms in total. The number of hydrogen-bond acceptors (Lipinski definition) is 4. The van der Waals surface area contributed by atoms with Gasteiger partial charge in [-0.1, -0.05) is 12.1 Å². The van der Waals surface area contributed by atoms with Gasteiger partial charge in [0.25, 0.3) is 5.91 Å². The average molecular weight is 346 g/mol. The van der Waals surface area contributed by atoms with E-state index in [-0.39, 0.29) is 17.2 Å². The number of piperidine rings is 2.